The summed E-state index contributed by atoms with van der Waals surface area (Å²) in [5, 5.41) is 20.1. The lowest BCUT2D eigenvalue weighted by atomic mass is 9.85. The standard InChI is InChI=1S/C19H25NO2/c1-19(2,3)16-10-15(18(22)17(21)11-16)13-20(4)12-14-8-6-5-7-9-14/h5-11,21-22H,12-13H2,1-4H3. The van der Waals surface area contributed by atoms with Gasteiger partial charge in [0.1, 0.15) is 0 Å². The number of phenols is 2. The topological polar surface area (TPSA) is 43.7 Å². The Morgan fingerprint density at radius 3 is 2.18 bits per heavy atom. The Morgan fingerprint density at radius 1 is 0.955 bits per heavy atom. The van der Waals surface area contributed by atoms with E-state index in [1.807, 2.05) is 31.3 Å². The first kappa shape index (κ1) is 16.4. The third-order valence-electron chi connectivity index (χ3n) is 3.77. The lowest BCUT2D eigenvalue weighted by Gasteiger charge is -2.23. The van der Waals surface area contributed by atoms with Crippen LogP contribution in [-0.4, -0.2) is 22.2 Å². The van der Waals surface area contributed by atoms with Crippen molar-refractivity contribution in [1.29, 1.82) is 0 Å². The highest BCUT2D eigenvalue weighted by Gasteiger charge is 2.19. The SMILES string of the molecule is CN(Cc1ccccc1)Cc1cc(C(C)(C)C)cc(O)c1O. The van der Waals surface area contributed by atoms with Crippen molar-refractivity contribution in [3.8, 4) is 11.5 Å². The molecule has 3 nitrogen and oxygen atoms in total. The number of nitrogens with zero attached hydrogens (tertiary/aromatic N) is 1. The molecule has 0 spiro atoms. The van der Waals surface area contributed by atoms with Crippen molar-refractivity contribution < 1.29 is 10.2 Å². The quantitative estimate of drug-likeness (QED) is 0.838. The van der Waals surface area contributed by atoms with Crippen LogP contribution in [0.5, 0.6) is 11.5 Å². The summed E-state index contributed by atoms with van der Waals surface area (Å²) in [7, 11) is 2.01. The Balaban J connectivity index is 2.20. The summed E-state index contributed by atoms with van der Waals surface area (Å²) in [6.45, 7) is 7.65. The maximum atomic E-state index is 10.1. The van der Waals surface area contributed by atoms with Crippen molar-refractivity contribution >= 4 is 0 Å². The molecule has 0 bridgehead atoms. The van der Waals surface area contributed by atoms with Gasteiger partial charge in [0, 0.05) is 18.7 Å². The van der Waals surface area contributed by atoms with Crippen molar-refractivity contribution in [2.45, 2.75) is 39.3 Å². The monoisotopic (exact) mass is 299 g/mol. The maximum absolute atomic E-state index is 10.1. The Morgan fingerprint density at radius 2 is 1.59 bits per heavy atom. The van der Waals surface area contributed by atoms with Gasteiger partial charge in [0.2, 0.25) is 0 Å². The number of hydrogen-bond acceptors (Lipinski definition) is 3. The number of phenolic OH excluding ortho intramolecular Hbond substituents is 2. The van der Waals surface area contributed by atoms with E-state index >= 15 is 0 Å². The fraction of sp³-hybridized carbons (Fsp3) is 0.368. The fourth-order valence-corrected chi connectivity index (χ4v) is 2.47. The van der Waals surface area contributed by atoms with E-state index in [1.165, 1.54) is 5.56 Å². The normalized spacial score (nSPS) is 11.9. The zero-order chi connectivity index (χ0) is 16.3. The van der Waals surface area contributed by atoms with Gasteiger partial charge in [-0.25, -0.2) is 0 Å². The van der Waals surface area contributed by atoms with Gasteiger partial charge < -0.3 is 10.2 Å². The number of aromatic hydroxyl groups is 2. The van der Waals surface area contributed by atoms with E-state index in [-0.39, 0.29) is 16.9 Å². The Bertz CT molecular complexity index is 630. The summed E-state index contributed by atoms with van der Waals surface area (Å²) >= 11 is 0. The molecule has 0 aromatic heterocycles. The first-order chi connectivity index (χ1) is 10.3. The summed E-state index contributed by atoms with van der Waals surface area (Å²) < 4.78 is 0. The van der Waals surface area contributed by atoms with Crippen LogP contribution >= 0.6 is 0 Å². The first-order valence-corrected chi connectivity index (χ1v) is 7.55. The zero-order valence-electron chi connectivity index (χ0n) is 13.8. The van der Waals surface area contributed by atoms with Crippen LogP contribution in [0.1, 0.15) is 37.5 Å². The van der Waals surface area contributed by atoms with Crippen LogP contribution in [0, 0.1) is 0 Å². The van der Waals surface area contributed by atoms with E-state index in [1.54, 1.807) is 6.07 Å². The highest BCUT2D eigenvalue weighted by atomic mass is 16.3. The average Bonchev–Trinajstić information content (AvgIpc) is 2.43. The molecule has 2 aromatic carbocycles. The maximum Gasteiger partial charge on any atom is 0.162 e. The second-order valence-electron chi connectivity index (χ2n) is 6.91. The van der Waals surface area contributed by atoms with E-state index in [9.17, 15) is 10.2 Å². The molecule has 0 saturated heterocycles. The lowest BCUT2D eigenvalue weighted by molar-refractivity contribution is 0.308. The summed E-state index contributed by atoms with van der Waals surface area (Å²) in [5.74, 6) is -0.0663. The predicted octanol–water partition coefficient (Wildman–Crippen LogP) is 4.03. The molecule has 118 valence electrons. The highest BCUT2D eigenvalue weighted by Crippen LogP contribution is 2.35. The molecule has 3 heteroatoms. The van der Waals surface area contributed by atoms with Crippen molar-refractivity contribution in [2.24, 2.45) is 0 Å². The molecule has 0 atom stereocenters. The molecule has 0 saturated carbocycles. The zero-order valence-corrected chi connectivity index (χ0v) is 13.8. The molecule has 2 N–H and O–H groups in total. The van der Waals surface area contributed by atoms with Crippen LogP contribution in [0.15, 0.2) is 42.5 Å². The summed E-state index contributed by atoms with van der Waals surface area (Å²) in [4.78, 5) is 2.12. The molecular weight excluding hydrogens is 274 g/mol. The fourth-order valence-electron chi connectivity index (χ4n) is 2.47. The highest BCUT2D eigenvalue weighted by molar-refractivity contribution is 5.49. The molecule has 0 aliphatic heterocycles. The molecule has 0 aliphatic rings. The van der Waals surface area contributed by atoms with Gasteiger partial charge in [0.25, 0.3) is 0 Å². The summed E-state index contributed by atoms with van der Waals surface area (Å²) in [6.07, 6.45) is 0. The van der Waals surface area contributed by atoms with Gasteiger partial charge in [0.15, 0.2) is 11.5 Å². The molecule has 0 unspecified atom stereocenters. The van der Waals surface area contributed by atoms with Gasteiger partial charge in [-0.3, -0.25) is 4.90 Å². The van der Waals surface area contributed by atoms with E-state index in [2.05, 4.69) is 37.8 Å². The van der Waals surface area contributed by atoms with Crippen molar-refractivity contribution in [2.75, 3.05) is 7.05 Å². The second-order valence-corrected chi connectivity index (χ2v) is 6.91. The Labute approximate surface area is 132 Å². The van der Waals surface area contributed by atoms with Crippen LogP contribution in [0.4, 0.5) is 0 Å². The van der Waals surface area contributed by atoms with E-state index < -0.39 is 0 Å². The number of benzene rings is 2. The van der Waals surface area contributed by atoms with Gasteiger partial charge >= 0.3 is 0 Å². The van der Waals surface area contributed by atoms with Gasteiger partial charge in [-0.1, -0.05) is 57.2 Å². The third kappa shape index (κ3) is 4.01. The van der Waals surface area contributed by atoms with E-state index in [4.69, 9.17) is 0 Å². The minimum atomic E-state index is -0.0715. The van der Waals surface area contributed by atoms with Crippen LogP contribution in [0.3, 0.4) is 0 Å². The van der Waals surface area contributed by atoms with Crippen LogP contribution in [0.25, 0.3) is 0 Å². The second kappa shape index (κ2) is 6.41. The van der Waals surface area contributed by atoms with Gasteiger partial charge in [-0.15, -0.1) is 0 Å². The molecule has 2 aromatic rings. The molecule has 0 amide bonds. The minimum Gasteiger partial charge on any atom is -0.504 e. The van der Waals surface area contributed by atoms with Crippen LogP contribution in [-0.2, 0) is 18.5 Å². The summed E-state index contributed by atoms with van der Waals surface area (Å²) in [6, 6.07) is 13.8. The molecule has 0 aliphatic carbocycles. The number of hydrogen-bond donors (Lipinski definition) is 2. The molecule has 0 radical (unpaired) electrons. The van der Waals surface area contributed by atoms with E-state index in [0.717, 1.165) is 17.7 Å². The van der Waals surface area contributed by atoms with Gasteiger partial charge in [-0.2, -0.15) is 0 Å². The Hall–Kier alpha value is -2.00. The smallest absolute Gasteiger partial charge is 0.162 e. The van der Waals surface area contributed by atoms with E-state index in [0.29, 0.717) is 6.54 Å². The van der Waals surface area contributed by atoms with Crippen LogP contribution < -0.4 is 0 Å². The lowest BCUT2D eigenvalue weighted by Crippen LogP contribution is -2.18. The summed E-state index contributed by atoms with van der Waals surface area (Å²) in [5.41, 5.74) is 2.92. The van der Waals surface area contributed by atoms with Crippen molar-refractivity contribution in [3.05, 3.63) is 59.2 Å². The average molecular weight is 299 g/mol. The first-order valence-electron chi connectivity index (χ1n) is 7.55. The molecule has 0 heterocycles. The number of rotatable bonds is 4. The molecule has 0 fully saturated rings. The Kier molecular flexibility index (Phi) is 4.77. The largest absolute Gasteiger partial charge is 0.504 e. The predicted molar refractivity (Wildman–Crippen MR) is 90.1 cm³/mol. The minimum absolute atomic E-state index is 0.0205. The molecular formula is C19H25NO2. The van der Waals surface area contributed by atoms with Crippen LogP contribution in [0.2, 0.25) is 0 Å². The third-order valence-corrected chi connectivity index (χ3v) is 3.77. The molecule has 2 rings (SSSR count). The van der Waals surface area contributed by atoms with Crippen molar-refractivity contribution in [3.63, 3.8) is 0 Å². The van der Waals surface area contributed by atoms with Crippen molar-refractivity contribution in [1.82, 2.24) is 4.90 Å². The van der Waals surface area contributed by atoms with Gasteiger partial charge in [-0.05, 0) is 29.7 Å². The van der Waals surface area contributed by atoms with Gasteiger partial charge in [0.05, 0.1) is 0 Å². The molecule has 22 heavy (non-hydrogen) atoms.